The quantitative estimate of drug-likeness (QED) is 0.799. The molecule has 106 valence electrons. The molecule has 2 unspecified atom stereocenters. The summed E-state index contributed by atoms with van der Waals surface area (Å²) in [6, 6.07) is 9.42. The van der Waals surface area contributed by atoms with Crippen LogP contribution in [-0.2, 0) is 11.3 Å². The summed E-state index contributed by atoms with van der Waals surface area (Å²) in [5.41, 5.74) is 1.35. The molecule has 0 amide bonds. The van der Waals surface area contributed by atoms with Crippen LogP contribution in [0.25, 0.3) is 0 Å². The summed E-state index contributed by atoms with van der Waals surface area (Å²) in [6.07, 6.45) is 3.33. The minimum atomic E-state index is 0.447. The van der Waals surface area contributed by atoms with E-state index in [2.05, 4.69) is 50.4 Å². The number of rotatable bonds is 6. The standard InChI is InChI=1S/C16H25NOS/c1-12(2)17-10-14-5-8-16(9-6-14)19-11-15-7-4-13(3)18-15/h5-6,8-9,12-13,15,17H,4,7,10-11H2,1-3H3. The lowest BCUT2D eigenvalue weighted by Gasteiger charge is -2.11. The van der Waals surface area contributed by atoms with Crippen molar-refractivity contribution in [1.29, 1.82) is 0 Å². The van der Waals surface area contributed by atoms with E-state index in [-0.39, 0.29) is 0 Å². The van der Waals surface area contributed by atoms with Gasteiger partial charge in [-0.15, -0.1) is 11.8 Å². The van der Waals surface area contributed by atoms with Gasteiger partial charge in [0.05, 0.1) is 12.2 Å². The van der Waals surface area contributed by atoms with Crippen molar-refractivity contribution in [1.82, 2.24) is 5.32 Å². The molecule has 1 aliphatic rings. The van der Waals surface area contributed by atoms with E-state index in [9.17, 15) is 0 Å². The third-order valence-electron chi connectivity index (χ3n) is 3.39. The highest BCUT2D eigenvalue weighted by Gasteiger charge is 2.21. The van der Waals surface area contributed by atoms with Crippen molar-refractivity contribution < 1.29 is 4.74 Å². The van der Waals surface area contributed by atoms with Crippen LogP contribution >= 0.6 is 11.8 Å². The predicted octanol–water partition coefficient (Wildman–Crippen LogP) is 3.84. The topological polar surface area (TPSA) is 21.3 Å². The Labute approximate surface area is 121 Å². The summed E-state index contributed by atoms with van der Waals surface area (Å²) < 4.78 is 5.84. The van der Waals surface area contributed by atoms with E-state index in [0.29, 0.717) is 18.2 Å². The summed E-state index contributed by atoms with van der Waals surface area (Å²) in [5.74, 6) is 1.08. The van der Waals surface area contributed by atoms with E-state index in [4.69, 9.17) is 4.74 Å². The van der Waals surface area contributed by atoms with E-state index >= 15 is 0 Å². The molecule has 0 aromatic heterocycles. The Bertz CT molecular complexity index is 377. The zero-order valence-corrected chi connectivity index (χ0v) is 13.0. The highest BCUT2D eigenvalue weighted by Crippen LogP contribution is 2.26. The molecule has 0 spiro atoms. The van der Waals surface area contributed by atoms with Gasteiger partial charge in [0.15, 0.2) is 0 Å². The van der Waals surface area contributed by atoms with Crippen LogP contribution in [0, 0.1) is 0 Å². The number of benzene rings is 1. The molecule has 19 heavy (non-hydrogen) atoms. The summed E-state index contributed by atoms with van der Waals surface area (Å²) in [7, 11) is 0. The fourth-order valence-electron chi connectivity index (χ4n) is 2.22. The smallest absolute Gasteiger partial charge is 0.0673 e. The molecule has 0 bridgehead atoms. The van der Waals surface area contributed by atoms with Gasteiger partial charge in [-0.25, -0.2) is 0 Å². The summed E-state index contributed by atoms with van der Waals surface area (Å²) in [4.78, 5) is 1.34. The highest BCUT2D eigenvalue weighted by atomic mass is 32.2. The largest absolute Gasteiger partial charge is 0.374 e. The van der Waals surface area contributed by atoms with Gasteiger partial charge < -0.3 is 10.1 Å². The SMILES string of the molecule is CC(C)NCc1ccc(SCC2CCC(C)O2)cc1. The van der Waals surface area contributed by atoms with Crippen LogP contribution in [0.2, 0.25) is 0 Å². The summed E-state index contributed by atoms with van der Waals surface area (Å²) in [6.45, 7) is 7.46. The molecule has 2 rings (SSSR count). The molecule has 1 N–H and O–H groups in total. The number of ether oxygens (including phenoxy) is 1. The Morgan fingerprint density at radius 3 is 2.58 bits per heavy atom. The monoisotopic (exact) mass is 279 g/mol. The van der Waals surface area contributed by atoms with Crippen molar-refractivity contribution in [3.05, 3.63) is 29.8 Å². The van der Waals surface area contributed by atoms with Crippen molar-refractivity contribution in [2.45, 2.75) is 63.3 Å². The van der Waals surface area contributed by atoms with Gasteiger partial charge in [-0.3, -0.25) is 0 Å². The van der Waals surface area contributed by atoms with Crippen LogP contribution in [0.15, 0.2) is 29.2 Å². The number of hydrogen-bond donors (Lipinski definition) is 1. The van der Waals surface area contributed by atoms with Crippen LogP contribution in [0.3, 0.4) is 0 Å². The predicted molar refractivity (Wildman–Crippen MR) is 82.7 cm³/mol. The van der Waals surface area contributed by atoms with E-state index < -0.39 is 0 Å². The highest BCUT2D eigenvalue weighted by molar-refractivity contribution is 7.99. The zero-order chi connectivity index (χ0) is 13.7. The van der Waals surface area contributed by atoms with E-state index in [1.165, 1.54) is 23.3 Å². The van der Waals surface area contributed by atoms with Crippen molar-refractivity contribution in [3.63, 3.8) is 0 Å². The molecule has 2 nitrogen and oxygen atoms in total. The molecule has 0 aliphatic carbocycles. The lowest BCUT2D eigenvalue weighted by molar-refractivity contribution is 0.0700. The molecule has 1 aliphatic heterocycles. The van der Waals surface area contributed by atoms with Crippen molar-refractivity contribution in [2.75, 3.05) is 5.75 Å². The maximum atomic E-state index is 5.84. The molecule has 3 heteroatoms. The molecule has 0 saturated carbocycles. The van der Waals surface area contributed by atoms with Gasteiger partial charge >= 0.3 is 0 Å². The van der Waals surface area contributed by atoms with E-state index in [1.54, 1.807) is 0 Å². The first-order chi connectivity index (χ1) is 9.13. The van der Waals surface area contributed by atoms with Crippen molar-refractivity contribution in [3.8, 4) is 0 Å². The average Bonchev–Trinajstić information content (AvgIpc) is 2.81. The molecule has 0 radical (unpaired) electrons. The van der Waals surface area contributed by atoms with E-state index in [1.807, 2.05) is 11.8 Å². The van der Waals surface area contributed by atoms with Gasteiger partial charge in [-0.2, -0.15) is 0 Å². The molecule has 1 aromatic rings. The van der Waals surface area contributed by atoms with Gasteiger partial charge in [0, 0.05) is 23.2 Å². The van der Waals surface area contributed by atoms with E-state index in [0.717, 1.165) is 12.3 Å². The van der Waals surface area contributed by atoms with Gasteiger partial charge in [-0.1, -0.05) is 26.0 Å². The molecule has 1 fully saturated rings. The summed E-state index contributed by atoms with van der Waals surface area (Å²) >= 11 is 1.91. The lowest BCUT2D eigenvalue weighted by Crippen LogP contribution is -2.21. The van der Waals surface area contributed by atoms with Gasteiger partial charge in [-0.05, 0) is 37.5 Å². The third kappa shape index (κ3) is 5.17. The normalized spacial score (nSPS) is 23.2. The first-order valence-electron chi connectivity index (χ1n) is 7.24. The molecular formula is C16H25NOS. The number of hydrogen-bond acceptors (Lipinski definition) is 3. The maximum absolute atomic E-state index is 5.84. The second kappa shape index (κ2) is 7.32. The minimum Gasteiger partial charge on any atom is -0.374 e. The zero-order valence-electron chi connectivity index (χ0n) is 12.2. The Hall–Kier alpha value is -0.510. The number of thioether (sulfide) groups is 1. The third-order valence-corrected chi connectivity index (χ3v) is 4.54. The van der Waals surface area contributed by atoms with Crippen LogP contribution in [0.1, 0.15) is 39.2 Å². The Morgan fingerprint density at radius 2 is 2.00 bits per heavy atom. The first kappa shape index (κ1) is 14.9. The molecule has 1 heterocycles. The molecule has 2 atom stereocenters. The first-order valence-corrected chi connectivity index (χ1v) is 8.22. The fourth-order valence-corrected chi connectivity index (χ4v) is 3.17. The second-order valence-corrected chi connectivity index (χ2v) is 6.73. The van der Waals surface area contributed by atoms with Gasteiger partial charge in [0.2, 0.25) is 0 Å². The average molecular weight is 279 g/mol. The van der Waals surface area contributed by atoms with Crippen molar-refractivity contribution in [2.24, 2.45) is 0 Å². The molecule has 1 aromatic carbocycles. The Kier molecular flexibility index (Phi) is 5.74. The molecular weight excluding hydrogens is 254 g/mol. The Morgan fingerprint density at radius 1 is 1.26 bits per heavy atom. The fraction of sp³-hybridized carbons (Fsp3) is 0.625. The van der Waals surface area contributed by atoms with Gasteiger partial charge in [0.1, 0.15) is 0 Å². The number of nitrogens with one attached hydrogen (secondary N) is 1. The maximum Gasteiger partial charge on any atom is 0.0673 e. The minimum absolute atomic E-state index is 0.447. The lowest BCUT2D eigenvalue weighted by atomic mass is 10.2. The van der Waals surface area contributed by atoms with Crippen LogP contribution in [0.5, 0.6) is 0 Å². The van der Waals surface area contributed by atoms with Gasteiger partial charge in [0.25, 0.3) is 0 Å². The van der Waals surface area contributed by atoms with Crippen LogP contribution in [-0.4, -0.2) is 24.0 Å². The molecule has 1 saturated heterocycles. The Balaban J connectivity index is 1.75. The summed E-state index contributed by atoms with van der Waals surface area (Å²) in [5, 5.41) is 3.44. The van der Waals surface area contributed by atoms with Crippen LogP contribution in [0.4, 0.5) is 0 Å². The van der Waals surface area contributed by atoms with Crippen LogP contribution < -0.4 is 5.32 Å². The van der Waals surface area contributed by atoms with Crippen molar-refractivity contribution >= 4 is 11.8 Å². The second-order valence-electron chi connectivity index (χ2n) is 5.64.